The van der Waals surface area contributed by atoms with E-state index in [2.05, 4.69) is 241 Å². The van der Waals surface area contributed by atoms with Gasteiger partial charge in [-0.1, -0.05) is 152 Å². The van der Waals surface area contributed by atoms with Gasteiger partial charge in [0.1, 0.15) is 0 Å². The van der Waals surface area contributed by atoms with Crippen molar-refractivity contribution >= 4 is 81.1 Å². The van der Waals surface area contributed by atoms with Crippen molar-refractivity contribution in [2.24, 2.45) is 0 Å². The number of para-hydroxylation sites is 2. The SMILES string of the molecule is Cc1cc(-c2cccc(-n3c4ccccc4c4ccccc43)c2)ccc1N(c1ccc(-c2ccc3c(c2)sc2ccccc23)cc1)c1ccc(-c2cccc3ccccc23)cc1. The number of rotatable bonds is 7. The van der Waals surface area contributed by atoms with Gasteiger partial charge in [-0.15, -0.1) is 11.3 Å². The highest BCUT2D eigenvalue weighted by atomic mass is 32.1. The minimum absolute atomic E-state index is 1.11. The second-order valence-corrected chi connectivity index (χ2v) is 17.3. The molecule has 3 heteroatoms. The van der Waals surface area contributed by atoms with Crippen LogP contribution in [0.4, 0.5) is 17.1 Å². The van der Waals surface area contributed by atoms with Crippen LogP contribution in [0.2, 0.25) is 0 Å². The van der Waals surface area contributed by atoms with Gasteiger partial charge in [0.05, 0.1) is 11.0 Å². The zero-order chi connectivity index (χ0) is 41.1. The first-order valence-electron chi connectivity index (χ1n) is 21.2. The maximum absolute atomic E-state index is 2.40. The number of anilines is 3. The van der Waals surface area contributed by atoms with Gasteiger partial charge in [-0.25, -0.2) is 0 Å². The molecule has 0 saturated carbocycles. The Kier molecular flexibility index (Phi) is 8.62. The first kappa shape index (κ1) is 36.2. The molecule has 0 fully saturated rings. The fraction of sp³-hybridized carbons (Fsp3) is 0.0169. The number of aryl methyl sites for hydroxylation is 1. The average Bonchev–Trinajstić information content (AvgIpc) is 3.88. The number of aromatic nitrogens is 1. The topological polar surface area (TPSA) is 8.17 Å². The summed E-state index contributed by atoms with van der Waals surface area (Å²) in [6.45, 7) is 2.24. The Morgan fingerprint density at radius 1 is 0.371 bits per heavy atom. The molecule has 0 spiro atoms. The minimum atomic E-state index is 1.11. The molecular weight excluding hydrogens is 769 g/mol. The van der Waals surface area contributed by atoms with Crippen molar-refractivity contribution in [3.63, 3.8) is 0 Å². The third-order valence-electron chi connectivity index (χ3n) is 12.5. The summed E-state index contributed by atoms with van der Waals surface area (Å²) in [5.74, 6) is 0. The van der Waals surface area contributed by atoms with Crippen LogP contribution >= 0.6 is 11.3 Å². The molecule has 0 bridgehead atoms. The predicted octanol–water partition coefficient (Wildman–Crippen LogP) is 17.1. The van der Waals surface area contributed by atoms with E-state index in [-0.39, 0.29) is 0 Å². The Morgan fingerprint density at radius 3 is 1.66 bits per heavy atom. The Balaban J connectivity index is 0.937. The van der Waals surface area contributed by atoms with E-state index in [1.807, 2.05) is 11.3 Å². The zero-order valence-corrected chi connectivity index (χ0v) is 35.0. The summed E-state index contributed by atoms with van der Waals surface area (Å²) in [5.41, 5.74) is 15.4. The normalized spacial score (nSPS) is 11.6. The van der Waals surface area contributed by atoms with E-state index in [1.54, 1.807) is 0 Å². The standard InChI is InChI=1S/C59H40N2S/c1-39-36-44(43-14-10-15-48(37-43)61-56-21-7-4-17-51(56)52-18-5-8-22-57(52)61)29-35-55(39)60(47-32-26-42(27-33-47)50-20-11-13-41-12-2-3-16-49(41)50)46-30-24-40(25-31-46)45-28-34-54-53-19-6-9-23-58(53)62-59(54)38-45/h2-38H,1H3. The molecule has 0 aliphatic heterocycles. The van der Waals surface area contributed by atoms with Gasteiger partial charge < -0.3 is 9.47 Å². The van der Waals surface area contributed by atoms with Crippen molar-refractivity contribution in [3.05, 3.63) is 230 Å². The van der Waals surface area contributed by atoms with E-state index < -0.39 is 0 Å². The average molecular weight is 809 g/mol. The Hall–Kier alpha value is -7.72. The number of nitrogens with zero attached hydrogens (tertiary/aromatic N) is 2. The summed E-state index contributed by atoms with van der Waals surface area (Å²) in [4.78, 5) is 2.40. The van der Waals surface area contributed by atoms with Crippen LogP contribution in [0.3, 0.4) is 0 Å². The Morgan fingerprint density at radius 2 is 0.919 bits per heavy atom. The lowest BCUT2D eigenvalue weighted by Crippen LogP contribution is -2.11. The summed E-state index contributed by atoms with van der Waals surface area (Å²) in [5, 5.41) is 7.69. The van der Waals surface area contributed by atoms with Gasteiger partial charge in [0.25, 0.3) is 0 Å². The minimum Gasteiger partial charge on any atom is -0.310 e. The van der Waals surface area contributed by atoms with Crippen LogP contribution in [0.1, 0.15) is 5.56 Å². The molecule has 0 atom stereocenters. The molecule has 0 aliphatic carbocycles. The molecule has 0 amide bonds. The zero-order valence-electron chi connectivity index (χ0n) is 34.2. The van der Waals surface area contributed by atoms with Crippen molar-refractivity contribution < 1.29 is 0 Å². The van der Waals surface area contributed by atoms with Crippen molar-refractivity contribution in [1.82, 2.24) is 4.57 Å². The lowest BCUT2D eigenvalue weighted by molar-refractivity contribution is 1.18. The van der Waals surface area contributed by atoms with Crippen LogP contribution < -0.4 is 4.90 Å². The highest BCUT2D eigenvalue weighted by Gasteiger charge is 2.18. The lowest BCUT2D eigenvalue weighted by Gasteiger charge is -2.28. The quantitative estimate of drug-likeness (QED) is 0.156. The van der Waals surface area contributed by atoms with Crippen LogP contribution in [-0.4, -0.2) is 4.57 Å². The second-order valence-electron chi connectivity index (χ2n) is 16.2. The van der Waals surface area contributed by atoms with Gasteiger partial charge in [0.2, 0.25) is 0 Å². The molecule has 0 radical (unpaired) electrons. The second kappa shape index (κ2) is 14.8. The molecule has 0 saturated heterocycles. The maximum atomic E-state index is 2.40. The molecule has 12 aromatic rings. The van der Waals surface area contributed by atoms with Crippen LogP contribution in [-0.2, 0) is 0 Å². The van der Waals surface area contributed by atoms with E-state index >= 15 is 0 Å². The molecule has 2 aromatic heterocycles. The van der Waals surface area contributed by atoms with E-state index in [9.17, 15) is 0 Å². The number of hydrogen-bond donors (Lipinski definition) is 0. The summed E-state index contributed by atoms with van der Waals surface area (Å²) < 4.78 is 5.04. The molecule has 0 aliphatic rings. The number of fused-ring (bicyclic) bond motifs is 7. The van der Waals surface area contributed by atoms with Crippen molar-refractivity contribution in [2.45, 2.75) is 6.92 Å². The monoisotopic (exact) mass is 808 g/mol. The summed E-state index contributed by atoms with van der Waals surface area (Å²) in [7, 11) is 0. The smallest absolute Gasteiger partial charge is 0.0541 e. The fourth-order valence-electron chi connectivity index (χ4n) is 9.51. The predicted molar refractivity (Wildman–Crippen MR) is 267 cm³/mol. The molecule has 2 heterocycles. The van der Waals surface area contributed by atoms with Gasteiger partial charge >= 0.3 is 0 Å². The van der Waals surface area contributed by atoms with Crippen LogP contribution in [0.5, 0.6) is 0 Å². The lowest BCUT2D eigenvalue weighted by atomic mass is 9.97. The van der Waals surface area contributed by atoms with E-state index in [4.69, 9.17) is 0 Å². The fourth-order valence-corrected chi connectivity index (χ4v) is 10.7. The molecule has 292 valence electrons. The summed E-state index contributed by atoms with van der Waals surface area (Å²) in [6.07, 6.45) is 0. The van der Waals surface area contributed by atoms with Crippen molar-refractivity contribution in [1.29, 1.82) is 0 Å². The van der Waals surface area contributed by atoms with Crippen LogP contribution in [0.15, 0.2) is 224 Å². The van der Waals surface area contributed by atoms with Gasteiger partial charge in [0.15, 0.2) is 0 Å². The van der Waals surface area contributed by atoms with Crippen LogP contribution in [0, 0.1) is 6.92 Å². The molecule has 2 nitrogen and oxygen atoms in total. The highest BCUT2D eigenvalue weighted by Crippen LogP contribution is 2.42. The summed E-state index contributed by atoms with van der Waals surface area (Å²) in [6, 6.07) is 82.2. The Labute approximate surface area is 364 Å². The van der Waals surface area contributed by atoms with Crippen molar-refractivity contribution in [2.75, 3.05) is 4.90 Å². The number of hydrogen-bond acceptors (Lipinski definition) is 2. The number of thiophene rings is 1. The maximum Gasteiger partial charge on any atom is 0.0541 e. The number of benzene rings is 10. The van der Waals surface area contributed by atoms with Gasteiger partial charge in [-0.05, 0) is 129 Å². The molecule has 12 rings (SSSR count). The highest BCUT2D eigenvalue weighted by molar-refractivity contribution is 7.25. The van der Waals surface area contributed by atoms with Gasteiger partial charge in [0, 0.05) is 53.7 Å². The van der Waals surface area contributed by atoms with E-state index in [0.717, 1.165) is 22.7 Å². The van der Waals surface area contributed by atoms with Gasteiger partial charge in [-0.3, -0.25) is 0 Å². The van der Waals surface area contributed by atoms with Gasteiger partial charge in [-0.2, -0.15) is 0 Å². The third kappa shape index (κ3) is 6.09. The molecule has 10 aromatic carbocycles. The molecule has 0 unspecified atom stereocenters. The molecule has 62 heavy (non-hydrogen) atoms. The van der Waals surface area contributed by atoms with Crippen LogP contribution in [0.25, 0.3) is 91.8 Å². The first-order valence-corrected chi connectivity index (χ1v) is 22.1. The first-order chi connectivity index (χ1) is 30.6. The van der Waals surface area contributed by atoms with Crippen molar-refractivity contribution in [3.8, 4) is 39.1 Å². The largest absolute Gasteiger partial charge is 0.310 e. The third-order valence-corrected chi connectivity index (χ3v) is 13.7. The van der Waals surface area contributed by atoms with E-state index in [1.165, 1.54) is 91.7 Å². The molecular formula is C59H40N2S. The Bertz CT molecular complexity index is 3590. The van der Waals surface area contributed by atoms with E-state index in [0.29, 0.717) is 0 Å². The summed E-state index contributed by atoms with van der Waals surface area (Å²) >= 11 is 1.87. The molecule has 0 N–H and O–H groups in total.